The van der Waals surface area contributed by atoms with Gasteiger partial charge in [0.25, 0.3) is 0 Å². The highest BCUT2D eigenvalue weighted by atomic mass is 31.2. The molecule has 0 aliphatic carbocycles. The van der Waals surface area contributed by atoms with Gasteiger partial charge in [-0.1, -0.05) is 13.2 Å². The van der Waals surface area contributed by atoms with Gasteiger partial charge in [0.15, 0.2) is 0 Å². The molecule has 0 heterocycles. The monoisotopic (exact) mass is 341 g/mol. The van der Waals surface area contributed by atoms with Crippen LogP contribution >= 0.6 is 7.82 Å². The van der Waals surface area contributed by atoms with Crippen LogP contribution in [0.1, 0.15) is 26.7 Å². The summed E-state index contributed by atoms with van der Waals surface area (Å²) in [7, 11) is -4.29. The van der Waals surface area contributed by atoms with Crippen molar-refractivity contribution in [2.75, 3.05) is 13.2 Å². The van der Waals surface area contributed by atoms with E-state index < -0.39 is 20.0 Å². The summed E-state index contributed by atoms with van der Waals surface area (Å²) in [5.74, 6) is 0. The SMILES string of the molecule is C=C(C)C(CCNOP(=O)(O)OCCC(OO)C(=C)C)OO. The maximum absolute atomic E-state index is 11.5. The van der Waals surface area contributed by atoms with Crippen molar-refractivity contribution in [3.63, 3.8) is 0 Å². The Hall–Kier alpha value is -0.610. The Morgan fingerprint density at radius 3 is 2.09 bits per heavy atom. The highest BCUT2D eigenvalue weighted by Gasteiger charge is 2.23. The number of phosphoric ester groups is 1. The van der Waals surface area contributed by atoms with Gasteiger partial charge in [-0.05, 0) is 31.4 Å². The molecule has 4 N–H and O–H groups in total. The average Bonchev–Trinajstić information content (AvgIpc) is 2.42. The first-order valence-corrected chi connectivity index (χ1v) is 8.03. The van der Waals surface area contributed by atoms with E-state index >= 15 is 0 Å². The molecule has 0 aromatic carbocycles. The lowest BCUT2D eigenvalue weighted by molar-refractivity contribution is -0.270. The summed E-state index contributed by atoms with van der Waals surface area (Å²) in [5, 5.41) is 17.2. The molecule has 0 rings (SSSR count). The standard InChI is InChI=1S/C12H24NO8P/c1-9(2)11(19-14)5-7-13-21-22(16,17)18-8-6-12(20-15)10(3)4/h11-15H,1,3,5-8H2,2,4H3,(H,16,17). The number of rotatable bonds is 13. The van der Waals surface area contributed by atoms with Gasteiger partial charge in [-0.25, -0.2) is 14.3 Å². The Morgan fingerprint density at radius 2 is 1.64 bits per heavy atom. The molecule has 0 saturated heterocycles. The maximum Gasteiger partial charge on any atom is 0.488 e. The number of hydrogen-bond acceptors (Lipinski definition) is 8. The van der Waals surface area contributed by atoms with Crippen molar-refractivity contribution in [1.29, 1.82) is 0 Å². The van der Waals surface area contributed by atoms with Crippen molar-refractivity contribution < 1.29 is 38.9 Å². The molecule has 0 bridgehead atoms. The molecule has 0 spiro atoms. The van der Waals surface area contributed by atoms with E-state index in [2.05, 4.69) is 37.6 Å². The number of hydrogen-bond donors (Lipinski definition) is 4. The van der Waals surface area contributed by atoms with Crippen molar-refractivity contribution in [2.24, 2.45) is 0 Å². The first kappa shape index (κ1) is 21.4. The Bertz CT molecular complexity index is 403. The van der Waals surface area contributed by atoms with Crippen molar-refractivity contribution >= 4 is 7.82 Å². The molecule has 0 aromatic heterocycles. The summed E-state index contributed by atoms with van der Waals surface area (Å²) in [5.41, 5.74) is 3.40. The van der Waals surface area contributed by atoms with Crippen LogP contribution in [0.2, 0.25) is 0 Å². The summed E-state index contributed by atoms with van der Waals surface area (Å²) in [6.07, 6.45) is -0.878. The van der Waals surface area contributed by atoms with Crippen LogP contribution in [-0.4, -0.2) is 40.8 Å². The maximum atomic E-state index is 11.5. The van der Waals surface area contributed by atoms with Gasteiger partial charge in [-0.15, -0.1) is 0 Å². The molecule has 9 nitrogen and oxygen atoms in total. The second-order valence-electron chi connectivity index (χ2n) is 4.75. The van der Waals surface area contributed by atoms with Crippen LogP contribution in [-0.2, 0) is 23.5 Å². The van der Waals surface area contributed by atoms with E-state index in [-0.39, 0.29) is 26.0 Å². The number of phosphoric acid groups is 1. The minimum atomic E-state index is -4.29. The summed E-state index contributed by atoms with van der Waals surface area (Å²) in [4.78, 5) is 17.7. The predicted octanol–water partition coefficient (Wildman–Crippen LogP) is 2.27. The molecule has 130 valence electrons. The van der Waals surface area contributed by atoms with Gasteiger partial charge in [0.1, 0.15) is 12.2 Å². The molecule has 0 fully saturated rings. The molecule has 0 amide bonds. The van der Waals surface area contributed by atoms with Gasteiger partial charge in [0.05, 0.1) is 6.61 Å². The van der Waals surface area contributed by atoms with Crippen molar-refractivity contribution in [3.05, 3.63) is 24.3 Å². The summed E-state index contributed by atoms with van der Waals surface area (Å²) < 4.78 is 20.7. The highest BCUT2D eigenvalue weighted by Crippen LogP contribution is 2.42. The molecule has 0 aliphatic rings. The topological polar surface area (TPSA) is 127 Å². The normalized spacial score (nSPS) is 16.8. The zero-order valence-electron chi connectivity index (χ0n) is 12.7. The van der Waals surface area contributed by atoms with Crippen molar-refractivity contribution in [3.8, 4) is 0 Å². The predicted molar refractivity (Wildman–Crippen MR) is 78.7 cm³/mol. The van der Waals surface area contributed by atoms with E-state index in [1.807, 2.05) is 0 Å². The van der Waals surface area contributed by atoms with Crippen LogP contribution < -0.4 is 5.48 Å². The van der Waals surface area contributed by atoms with Gasteiger partial charge in [0, 0.05) is 13.0 Å². The summed E-state index contributed by atoms with van der Waals surface area (Å²) in [6, 6.07) is 0. The molecule has 0 aromatic rings. The van der Waals surface area contributed by atoms with E-state index in [4.69, 9.17) is 10.5 Å². The number of nitrogens with one attached hydrogen (secondary N) is 1. The molecule has 0 radical (unpaired) electrons. The third-order valence-electron chi connectivity index (χ3n) is 2.68. The van der Waals surface area contributed by atoms with E-state index in [1.165, 1.54) is 0 Å². The average molecular weight is 341 g/mol. The Labute approximate surface area is 129 Å². The van der Waals surface area contributed by atoms with Crippen LogP contribution in [0.25, 0.3) is 0 Å². The molecule has 22 heavy (non-hydrogen) atoms. The van der Waals surface area contributed by atoms with Crippen LogP contribution in [0.4, 0.5) is 0 Å². The highest BCUT2D eigenvalue weighted by molar-refractivity contribution is 7.47. The quantitative estimate of drug-likeness (QED) is 0.131. The Kier molecular flexibility index (Phi) is 10.7. The molecule has 10 heteroatoms. The second-order valence-corrected chi connectivity index (χ2v) is 6.12. The second kappa shape index (κ2) is 11.0. The fourth-order valence-electron chi connectivity index (χ4n) is 1.40. The molecular weight excluding hydrogens is 317 g/mol. The third-order valence-corrected chi connectivity index (χ3v) is 3.55. The lowest BCUT2D eigenvalue weighted by Crippen LogP contribution is -2.22. The van der Waals surface area contributed by atoms with Crippen LogP contribution in [0.15, 0.2) is 24.3 Å². The lowest BCUT2D eigenvalue weighted by atomic mass is 10.1. The largest absolute Gasteiger partial charge is 0.488 e. The first-order valence-electron chi connectivity index (χ1n) is 6.53. The lowest BCUT2D eigenvalue weighted by Gasteiger charge is -2.16. The fourth-order valence-corrected chi connectivity index (χ4v) is 2.04. The Balaban J connectivity index is 3.98. The summed E-state index contributed by atoms with van der Waals surface area (Å²) >= 11 is 0. The van der Waals surface area contributed by atoms with E-state index in [0.717, 1.165) is 0 Å². The van der Waals surface area contributed by atoms with Gasteiger partial charge < -0.3 is 4.89 Å². The fraction of sp³-hybridized carbons (Fsp3) is 0.667. The zero-order chi connectivity index (χ0) is 17.2. The van der Waals surface area contributed by atoms with Gasteiger partial charge in [-0.2, -0.15) is 10.1 Å². The van der Waals surface area contributed by atoms with Gasteiger partial charge >= 0.3 is 7.82 Å². The number of hydroxylamine groups is 1. The molecule has 0 saturated carbocycles. The summed E-state index contributed by atoms with van der Waals surface area (Å²) in [6.45, 7) is 10.5. The first-order chi connectivity index (χ1) is 10.2. The van der Waals surface area contributed by atoms with Crippen LogP contribution in [0.5, 0.6) is 0 Å². The van der Waals surface area contributed by atoms with E-state index in [9.17, 15) is 9.46 Å². The Morgan fingerprint density at radius 1 is 1.14 bits per heavy atom. The third kappa shape index (κ3) is 9.42. The van der Waals surface area contributed by atoms with Crippen molar-refractivity contribution in [2.45, 2.75) is 38.9 Å². The van der Waals surface area contributed by atoms with Gasteiger partial charge in [0.2, 0.25) is 0 Å². The molecule has 3 atom stereocenters. The zero-order valence-corrected chi connectivity index (χ0v) is 13.6. The van der Waals surface area contributed by atoms with Gasteiger partial charge in [-0.3, -0.25) is 15.0 Å². The van der Waals surface area contributed by atoms with E-state index in [0.29, 0.717) is 11.1 Å². The van der Waals surface area contributed by atoms with Crippen LogP contribution in [0.3, 0.4) is 0 Å². The van der Waals surface area contributed by atoms with Crippen molar-refractivity contribution in [1.82, 2.24) is 5.48 Å². The van der Waals surface area contributed by atoms with Crippen LogP contribution in [0, 0.1) is 0 Å². The minimum absolute atomic E-state index is 0.125. The minimum Gasteiger partial charge on any atom is -0.301 e. The molecule has 3 unspecified atom stereocenters. The molecule has 0 aliphatic heterocycles. The molecular formula is C12H24NO8P. The van der Waals surface area contributed by atoms with E-state index in [1.54, 1.807) is 13.8 Å². The smallest absolute Gasteiger partial charge is 0.301 e.